The molecule has 0 saturated heterocycles. The van der Waals surface area contributed by atoms with Crippen molar-refractivity contribution in [3.8, 4) is 23.0 Å². The van der Waals surface area contributed by atoms with Gasteiger partial charge in [-0.2, -0.15) is 0 Å². The summed E-state index contributed by atoms with van der Waals surface area (Å²) in [5.41, 5.74) is 0.525. The minimum absolute atomic E-state index is 0.159. The highest BCUT2D eigenvalue weighted by Crippen LogP contribution is 2.28. The van der Waals surface area contributed by atoms with E-state index in [-0.39, 0.29) is 37.2 Å². The number of carbonyl (C=O) groups is 2. The third-order valence-corrected chi connectivity index (χ3v) is 7.22. The van der Waals surface area contributed by atoms with Crippen molar-refractivity contribution in [3.63, 3.8) is 0 Å². The highest BCUT2D eigenvalue weighted by Gasteiger charge is 2.20. The van der Waals surface area contributed by atoms with E-state index >= 15 is 0 Å². The van der Waals surface area contributed by atoms with Crippen molar-refractivity contribution in [1.82, 2.24) is 0 Å². The number of benzene rings is 5. The van der Waals surface area contributed by atoms with E-state index in [1.54, 1.807) is 26.0 Å². The number of fused-ring (bicyclic) bond motifs is 2. The van der Waals surface area contributed by atoms with Gasteiger partial charge in [-0.1, -0.05) is 86.0 Å². The highest BCUT2D eigenvalue weighted by atomic mass is 16.7. The zero-order valence-corrected chi connectivity index (χ0v) is 27.1. The summed E-state index contributed by atoms with van der Waals surface area (Å²) in [7, 11) is 0. The van der Waals surface area contributed by atoms with Gasteiger partial charge in [0.2, 0.25) is 12.6 Å². The SMILES string of the molecule is C=C(C)C(=O)OC(CCOc1ccccc1OCCC(OC(=O)C(=C)C)Oc1ccc2ccccc2c1)Oc1ccc2ccccc2c1. The molecule has 0 heterocycles. The molecule has 2 atom stereocenters. The first-order valence-electron chi connectivity index (χ1n) is 15.6. The number of ether oxygens (including phenoxy) is 6. The first kappa shape index (κ1) is 33.6. The Balaban J connectivity index is 1.20. The normalized spacial score (nSPS) is 12.0. The number of hydrogen-bond acceptors (Lipinski definition) is 8. The van der Waals surface area contributed by atoms with Crippen LogP contribution >= 0.6 is 0 Å². The summed E-state index contributed by atoms with van der Waals surface area (Å²) in [6.45, 7) is 10.8. The molecule has 0 aromatic heterocycles. The first-order valence-corrected chi connectivity index (χ1v) is 15.6. The van der Waals surface area contributed by atoms with Crippen LogP contribution in [0.1, 0.15) is 26.7 Å². The summed E-state index contributed by atoms with van der Waals surface area (Å²) in [5, 5.41) is 4.14. The van der Waals surface area contributed by atoms with E-state index in [1.165, 1.54) is 0 Å². The zero-order valence-electron chi connectivity index (χ0n) is 27.1. The van der Waals surface area contributed by atoms with E-state index in [2.05, 4.69) is 13.2 Å². The molecular formula is C40H38O8. The van der Waals surface area contributed by atoms with Gasteiger partial charge in [0.1, 0.15) is 11.5 Å². The van der Waals surface area contributed by atoms with Gasteiger partial charge in [-0.05, 0) is 71.8 Å². The predicted octanol–water partition coefficient (Wildman–Crippen LogP) is 8.58. The molecule has 2 unspecified atom stereocenters. The Morgan fingerprint density at radius 1 is 0.542 bits per heavy atom. The lowest BCUT2D eigenvalue weighted by Crippen LogP contribution is -2.27. The van der Waals surface area contributed by atoms with Crippen LogP contribution in [0.3, 0.4) is 0 Å². The van der Waals surface area contributed by atoms with Crippen LogP contribution in [0, 0.1) is 0 Å². The molecule has 0 aliphatic heterocycles. The standard InChI is InChI=1S/C40H38O8/c1-27(2)39(41)47-37(45-33-19-17-29-11-5-7-13-31(29)25-33)21-23-43-35-15-9-10-16-36(35)44-24-22-38(48-40(42)28(3)4)46-34-20-18-30-12-6-8-14-32(30)26-34/h5-20,25-26,37-38H,1,3,21-24H2,2,4H3. The van der Waals surface area contributed by atoms with Crippen LogP contribution in [-0.4, -0.2) is 37.7 Å². The van der Waals surface area contributed by atoms with Gasteiger partial charge in [-0.3, -0.25) is 0 Å². The molecule has 48 heavy (non-hydrogen) atoms. The highest BCUT2D eigenvalue weighted by molar-refractivity contribution is 5.87. The Kier molecular flexibility index (Phi) is 11.3. The average Bonchev–Trinajstić information content (AvgIpc) is 3.08. The molecule has 0 bridgehead atoms. The number of rotatable bonds is 16. The molecule has 0 amide bonds. The maximum absolute atomic E-state index is 12.4. The van der Waals surface area contributed by atoms with Crippen LogP contribution in [0.5, 0.6) is 23.0 Å². The van der Waals surface area contributed by atoms with Crippen molar-refractivity contribution >= 4 is 33.5 Å². The Morgan fingerprint density at radius 3 is 1.31 bits per heavy atom. The van der Waals surface area contributed by atoms with E-state index in [4.69, 9.17) is 28.4 Å². The van der Waals surface area contributed by atoms with E-state index < -0.39 is 24.5 Å². The van der Waals surface area contributed by atoms with Crippen LogP contribution < -0.4 is 18.9 Å². The smallest absolute Gasteiger partial charge is 0.336 e. The molecule has 5 rings (SSSR count). The topological polar surface area (TPSA) is 89.5 Å². The number of esters is 2. The van der Waals surface area contributed by atoms with E-state index in [9.17, 15) is 9.59 Å². The van der Waals surface area contributed by atoms with Crippen LogP contribution in [0.4, 0.5) is 0 Å². The first-order chi connectivity index (χ1) is 23.2. The fraction of sp³-hybridized carbons (Fsp3) is 0.200. The van der Waals surface area contributed by atoms with Crippen molar-refractivity contribution in [2.45, 2.75) is 39.3 Å². The van der Waals surface area contributed by atoms with Crippen molar-refractivity contribution < 1.29 is 38.0 Å². The molecule has 8 heteroatoms. The molecule has 0 aliphatic carbocycles. The second kappa shape index (κ2) is 16.2. The van der Waals surface area contributed by atoms with Crippen LogP contribution in [0.15, 0.2) is 133 Å². The van der Waals surface area contributed by atoms with Crippen LogP contribution in [0.25, 0.3) is 21.5 Å². The lowest BCUT2D eigenvalue weighted by atomic mass is 10.1. The third kappa shape index (κ3) is 9.39. The van der Waals surface area contributed by atoms with Gasteiger partial charge in [0.25, 0.3) is 0 Å². The van der Waals surface area contributed by atoms with Gasteiger partial charge in [0.05, 0.1) is 26.1 Å². The summed E-state index contributed by atoms with van der Waals surface area (Å²) in [6, 6.07) is 34.4. The quantitative estimate of drug-likeness (QED) is 0.0598. The molecule has 0 aliphatic rings. The minimum atomic E-state index is -0.917. The maximum atomic E-state index is 12.4. The van der Waals surface area contributed by atoms with Crippen molar-refractivity contribution in [2.75, 3.05) is 13.2 Å². The van der Waals surface area contributed by atoms with Crippen molar-refractivity contribution in [3.05, 3.63) is 133 Å². The zero-order chi connectivity index (χ0) is 33.9. The molecule has 0 N–H and O–H groups in total. The van der Waals surface area contributed by atoms with Gasteiger partial charge in [-0.15, -0.1) is 0 Å². The van der Waals surface area contributed by atoms with Crippen LogP contribution in [-0.2, 0) is 19.1 Å². The lowest BCUT2D eigenvalue weighted by molar-refractivity contribution is -0.161. The number of para-hydroxylation sites is 2. The average molecular weight is 647 g/mol. The summed E-state index contributed by atoms with van der Waals surface area (Å²) >= 11 is 0. The van der Waals surface area contributed by atoms with Crippen molar-refractivity contribution in [2.24, 2.45) is 0 Å². The van der Waals surface area contributed by atoms with Gasteiger partial charge in [0.15, 0.2) is 11.5 Å². The van der Waals surface area contributed by atoms with E-state index in [0.717, 1.165) is 21.5 Å². The monoisotopic (exact) mass is 646 g/mol. The predicted molar refractivity (Wildman–Crippen MR) is 185 cm³/mol. The molecule has 246 valence electrons. The van der Waals surface area contributed by atoms with Gasteiger partial charge in [0, 0.05) is 11.1 Å². The summed E-state index contributed by atoms with van der Waals surface area (Å²) in [6.07, 6.45) is -1.36. The lowest BCUT2D eigenvalue weighted by Gasteiger charge is -2.21. The second-order valence-corrected chi connectivity index (χ2v) is 11.2. The maximum Gasteiger partial charge on any atom is 0.336 e. The molecule has 0 fully saturated rings. The molecule has 0 spiro atoms. The molecule has 0 saturated carbocycles. The Labute approximate surface area is 280 Å². The van der Waals surface area contributed by atoms with E-state index in [0.29, 0.717) is 23.0 Å². The summed E-state index contributed by atoms with van der Waals surface area (Å²) in [4.78, 5) is 24.8. The largest absolute Gasteiger partial charge is 0.489 e. The Morgan fingerprint density at radius 2 is 0.917 bits per heavy atom. The summed E-state index contributed by atoms with van der Waals surface area (Å²) < 4.78 is 35.4. The van der Waals surface area contributed by atoms with Gasteiger partial charge in [-0.25, -0.2) is 9.59 Å². The van der Waals surface area contributed by atoms with Gasteiger partial charge >= 0.3 is 11.9 Å². The number of hydrogen-bond donors (Lipinski definition) is 0. The fourth-order valence-corrected chi connectivity index (χ4v) is 4.73. The molecule has 0 radical (unpaired) electrons. The fourth-order valence-electron chi connectivity index (χ4n) is 4.73. The van der Waals surface area contributed by atoms with Crippen molar-refractivity contribution in [1.29, 1.82) is 0 Å². The molecule has 8 nitrogen and oxygen atoms in total. The minimum Gasteiger partial charge on any atom is -0.489 e. The third-order valence-electron chi connectivity index (χ3n) is 7.22. The number of carbonyl (C=O) groups excluding carboxylic acids is 2. The Bertz CT molecular complexity index is 1770. The van der Waals surface area contributed by atoms with Crippen LogP contribution in [0.2, 0.25) is 0 Å². The molecule has 5 aromatic rings. The van der Waals surface area contributed by atoms with E-state index in [1.807, 2.05) is 97.1 Å². The van der Waals surface area contributed by atoms with Gasteiger partial charge < -0.3 is 28.4 Å². The molecular weight excluding hydrogens is 608 g/mol. The Hall–Kier alpha value is -5.76. The molecule has 5 aromatic carbocycles. The second-order valence-electron chi connectivity index (χ2n) is 11.2. The summed E-state index contributed by atoms with van der Waals surface area (Å²) in [5.74, 6) is 0.974.